The van der Waals surface area contributed by atoms with Crippen molar-refractivity contribution in [3.8, 4) is 5.75 Å². The lowest BCUT2D eigenvalue weighted by atomic mass is 10.2. The highest BCUT2D eigenvalue weighted by Gasteiger charge is 2.31. The molecule has 0 bridgehead atoms. The topological polar surface area (TPSA) is 54.0 Å². The molecule has 1 atom stereocenters. The second-order valence-corrected chi connectivity index (χ2v) is 6.35. The largest absolute Gasteiger partial charge is 0.491 e. The van der Waals surface area contributed by atoms with Crippen LogP contribution in [-0.4, -0.2) is 81.3 Å². The number of ether oxygens (including phenoxy) is 2. The van der Waals surface area contributed by atoms with E-state index in [1.165, 1.54) is 0 Å². The van der Waals surface area contributed by atoms with Crippen molar-refractivity contribution in [1.82, 2.24) is 15.1 Å². The minimum absolute atomic E-state index is 0. The summed E-state index contributed by atoms with van der Waals surface area (Å²) in [5.74, 6) is 0.889. The van der Waals surface area contributed by atoms with Crippen molar-refractivity contribution in [2.45, 2.75) is 12.5 Å². The Morgan fingerprint density at radius 2 is 1.88 bits per heavy atom. The van der Waals surface area contributed by atoms with Crippen molar-refractivity contribution in [1.29, 1.82) is 0 Å². The van der Waals surface area contributed by atoms with Gasteiger partial charge in [0.25, 0.3) is 5.91 Å². The fraction of sp³-hybridized carbons (Fsp3) is 0.611. The molecule has 1 N–H and O–H groups in total. The molecule has 0 saturated carbocycles. The van der Waals surface area contributed by atoms with E-state index in [2.05, 4.69) is 10.2 Å². The first-order chi connectivity index (χ1) is 11.8. The first-order valence-corrected chi connectivity index (χ1v) is 8.74. The number of nitrogens with one attached hydrogen (secondary N) is 1. The molecule has 2 aliphatic rings. The molecule has 0 aliphatic carbocycles. The van der Waals surface area contributed by atoms with E-state index in [0.29, 0.717) is 19.3 Å². The van der Waals surface area contributed by atoms with Crippen molar-refractivity contribution < 1.29 is 14.3 Å². The van der Waals surface area contributed by atoms with Crippen LogP contribution in [-0.2, 0) is 4.74 Å². The second-order valence-electron chi connectivity index (χ2n) is 6.35. The minimum atomic E-state index is 0. The highest BCUT2D eigenvalue weighted by atomic mass is 35.5. The molecule has 3 rings (SSSR count). The zero-order valence-corrected chi connectivity index (χ0v) is 15.6. The van der Waals surface area contributed by atoms with Gasteiger partial charge in [-0.2, -0.15) is 0 Å². The summed E-state index contributed by atoms with van der Waals surface area (Å²) in [6, 6.07) is 7.91. The zero-order valence-electron chi connectivity index (χ0n) is 14.8. The molecule has 1 aromatic rings. The standard InChI is InChI=1S/C18H27N3O3.ClH/c1-23-12-13-24-17-4-2-15(3-5-17)18(22)21-9-6-16(14-21)20-10-7-19-8-11-20;/h2-5,16,19H,6-14H2,1H3;1H. The van der Waals surface area contributed by atoms with Crippen LogP contribution in [0.25, 0.3) is 0 Å². The van der Waals surface area contributed by atoms with Crippen LogP contribution >= 0.6 is 12.4 Å². The Labute approximate surface area is 155 Å². The predicted octanol–water partition coefficient (Wildman–Crippen LogP) is 1.25. The Bertz CT molecular complexity index is 535. The highest BCUT2D eigenvalue weighted by Crippen LogP contribution is 2.20. The fourth-order valence-electron chi connectivity index (χ4n) is 3.39. The van der Waals surface area contributed by atoms with E-state index >= 15 is 0 Å². The molecule has 1 unspecified atom stereocenters. The van der Waals surface area contributed by atoms with Gasteiger partial charge in [0.1, 0.15) is 12.4 Å². The van der Waals surface area contributed by atoms with Crippen LogP contribution in [0.4, 0.5) is 0 Å². The Balaban J connectivity index is 0.00000225. The molecule has 1 aromatic carbocycles. The monoisotopic (exact) mass is 369 g/mol. The Morgan fingerprint density at radius 1 is 1.16 bits per heavy atom. The Kier molecular flexibility index (Phi) is 7.96. The van der Waals surface area contributed by atoms with Gasteiger partial charge in [-0.15, -0.1) is 12.4 Å². The Morgan fingerprint density at radius 3 is 2.56 bits per heavy atom. The summed E-state index contributed by atoms with van der Waals surface area (Å²) >= 11 is 0. The summed E-state index contributed by atoms with van der Waals surface area (Å²) in [6.07, 6.45) is 1.07. The van der Waals surface area contributed by atoms with E-state index < -0.39 is 0 Å². The molecule has 0 spiro atoms. The van der Waals surface area contributed by atoms with Gasteiger partial charge in [0, 0.05) is 58.0 Å². The van der Waals surface area contributed by atoms with Gasteiger partial charge in [-0.25, -0.2) is 0 Å². The molecule has 2 fully saturated rings. The number of carbonyl (C=O) groups is 1. The van der Waals surface area contributed by atoms with Crippen molar-refractivity contribution in [2.24, 2.45) is 0 Å². The van der Waals surface area contributed by atoms with Gasteiger partial charge in [-0.3, -0.25) is 9.69 Å². The number of carbonyl (C=O) groups excluding carboxylic acids is 1. The molecule has 0 radical (unpaired) electrons. The molecule has 25 heavy (non-hydrogen) atoms. The third-order valence-electron chi connectivity index (χ3n) is 4.78. The molecular weight excluding hydrogens is 342 g/mol. The molecule has 2 aliphatic heterocycles. The predicted molar refractivity (Wildman–Crippen MR) is 99.8 cm³/mol. The van der Waals surface area contributed by atoms with Crippen LogP contribution in [0.3, 0.4) is 0 Å². The molecule has 7 heteroatoms. The molecule has 2 heterocycles. The third kappa shape index (κ3) is 5.31. The lowest BCUT2D eigenvalue weighted by Gasteiger charge is -2.32. The number of hydrogen-bond donors (Lipinski definition) is 1. The smallest absolute Gasteiger partial charge is 0.253 e. The first-order valence-electron chi connectivity index (χ1n) is 8.74. The molecule has 140 valence electrons. The number of hydrogen-bond acceptors (Lipinski definition) is 5. The van der Waals surface area contributed by atoms with E-state index in [9.17, 15) is 4.79 Å². The molecule has 2 saturated heterocycles. The van der Waals surface area contributed by atoms with Gasteiger partial charge in [0.15, 0.2) is 0 Å². The SMILES string of the molecule is COCCOc1ccc(C(=O)N2CCC(N3CCNCC3)C2)cc1.Cl. The zero-order chi connectivity index (χ0) is 16.8. The van der Waals surface area contributed by atoms with Crippen LogP contribution in [0.1, 0.15) is 16.8 Å². The number of rotatable bonds is 6. The summed E-state index contributed by atoms with van der Waals surface area (Å²) in [5, 5.41) is 3.38. The Hall–Kier alpha value is -1.34. The first kappa shape index (κ1) is 20.0. The number of piperazine rings is 1. The van der Waals surface area contributed by atoms with Gasteiger partial charge in [0.2, 0.25) is 0 Å². The van der Waals surface area contributed by atoms with Crippen LogP contribution < -0.4 is 10.1 Å². The summed E-state index contributed by atoms with van der Waals surface area (Å²) in [7, 11) is 1.65. The number of benzene rings is 1. The third-order valence-corrected chi connectivity index (χ3v) is 4.78. The second kappa shape index (κ2) is 9.97. The van der Waals surface area contributed by atoms with Crippen molar-refractivity contribution in [3.63, 3.8) is 0 Å². The minimum Gasteiger partial charge on any atom is -0.491 e. The average Bonchev–Trinajstić information content (AvgIpc) is 3.13. The van der Waals surface area contributed by atoms with Crippen LogP contribution in [0.5, 0.6) is 5.75 Å². The number of amides is 1. The highest BCUT2D eigenvalue weighted by molar-refractivity contribution is 5.94. The maximum atomic E-state index is 12.7. The molecule has 0 aromatic heterocycles. The van der Waals surface area contributed by atoms with Crippen molar-refractivity contribution >= 4 is 18.3 Å². The molecule has 1 amide bonds. The van der Waals surface area contributed by atoms with Crippen LogP contribution in [0.2, 0.25) is 0 Å². The van der Waals surface area contributed by atoms with Gasteiger partial charge in [-0.1, -0.05) is 0 Å². The number of halogens is 1. The van der Waals surface area contributed by atoms with Gasteiger partial charge in [0.05, 0.1) is 6.61 Å². The quantitative estimate of drug-likeness (QED) is 0.765. The molecular formula is C18H28ClN3O3. The van der Waals surface area contributed by atoms with Gasteiger partial charge < -0.3 is 19.7 Å². The van der Waals surface area contributed by atoms with E-state index in [1.807, 2.05) is 29.2 Å². The lowest BCUT2D eigenvalue weighted by Crippen LogP contribution is -2.49. The van der Waals surface area contributed by atoms with Crippen LogP contribution in [0, 0.1) is 0 Å². The summed E-state index contributed by atoms with van der Waals surface area (Å²) in [6.45, 7) is 7.03. The average molecular weight is 370 g/mol. The van der Waals surface area contributed by atoms with E-state index in [4.69, 9.17) is 9.47 Å². The van der Waals surface area contributed by atoms with E-state index in [0.717, 1.165) is 57.0 Å². The number of nitrogens with zero attached hydrogens (tertiary/aromatic N) is 2. The summed E-state index contributed by atoms with van der Waals surface area (Å²) < 4.78 is 10.5. The van der Waals surface area contributed by atoms with Gasteiger partial charge in [-0.05, 0) is 30.7 Å². The normalized spacial score (nSPS) is 21.0. The number of likely N-dealkylation sites (tertiary alicyclic amines) is 1. The summed E-state index contributed by atoms with van der Waals surface area (Å²) in [4.78, 5) is 17.2. The maximum absolute atomic E-state index is 12.7. The van der Waals surface area contributed by atoms with Crippen molar-refractivity contribution in [3.05, 3.63) is 29.8 Å². The van der Waals surface area contributed by atoms with E-state index in [1.54, 1.807) is 7.11 Å². The fourth-order valence-corrected chi connectivity index (χ4v) is 3.39. The lowest BCUT2D eigenvalue weighted by molar-refractivity contribution is 0.0773. The van der Waals surface area contributed by atoms with E-state index in [-0.39, 0.29) is 18.3 Å². The maximum Gasteiger partial charge on any atom is 0.253 e. The summed E-state index contributed by atoms with van der Waals surface area (Å²) in [5.41, 5.74) is 0.732. The van der Waals surface area contributed by atoms with Crippen molar-refractivity contribution in [2.75, 3.05) is 59.6 Å². The van der Waals surface area contributed by atoms with Gasteiger partial charge >= 0.3 is 0 Å². The van der Waals surface area contributed by atoms with Crippen LogP contribution in [0.15, 0.2) is 24.3 Å². The number of methoxy groups -OCH3 is 1. The molecule has 6 nitrogen and oxygen atoms in total.